The average molecular weight is 166 g/mol. The maximum absolute atomic E-state index is 10.6. The van der Waals surface area contributed by atoms with E-state index in [1.165, 1.54) is 0 Å². The molecule has 0 aliphatic heterocycles. The van der Waals surface area contributed by atoms with E-state index in [0.29, 0.717) is 0 Å². The molecule has 0 spiro atoms. The van der Waals surface area contributed by atoms with Crippen molar-refractivity contribution in [1.29, 1.82) is 0 Å². The van der Waals surface area contributed by atoms with E-state index >= 15 is 0 Å². The lowest BCUT2D eigenvalue weighted by Crippen LogP contribution is -1.99. The summed E-state index contributed by atoms with van der Waals surface area (Å²) in [6, 6.07) is 7.46. The van der Waals surface area contributed by atoms with Gasteiger partial charge >= 0.3 is 0 Å². The lowest BCUT2D eigenvalue weighted by atomic mass is 10.1. The Morgan fingerprint density at radius 1 is 1.42 bits per heavy atom. The second-order valence-corrected chi connectivity index (χ2v) is 2.59. The predicted octanol–water partition coefficient (Wildman–Crippen LogP) is 1.85. The molecule has 0 radical (unpaired) electrons. The first-order valence-corrected chi connectivity index (χ1v) is 3.57. The number of rotatable bonds is 2. The zero-order chi connectivity index (χ0) is 8.97. The standard InChI is InChI=1S/C8H10N2O2/c1-7-2-4-8(5-3-7)6-10(12)9-11/h2-5,11H,6H2,1H3/b10-9-. The normalized spacial score (nSPS) is 11.6. The fraction of sp³-hybridized carbons (Fsp3) is 0.250. The summed E-state index contributed by atoms with van der Waals surface area (Å²) in [5, 5.41) is 21.1. The molecule has 1 N–H and O–H groups in total. The van der Waals surface area contributed by atoms with Gasteiger partial charge in [-0.2, -0.15) is 0 Å². The van der Waals surface area contributed by atoms with Crippen molar-refractivity contribution in [1.82, 2.24) is 0 Å². The van der Waals surface area contributed by atoms with Gasteiger partial charge in [-0.3, -0.25) is 0 Å². The van der Waals surface area contributed by atoms with Gasteiger partial charge in [-0.1, -0.05) is 34.7 Å². The molecule has 0 fully saturated rings. The third-order valence-corrected chi connectivity index (χ3v) is 1.54. The minimum atomic E-state index is 0.0801. The molecule has 0 heterocycles. The van der Waals surface area contributed by atoms with Crippen molar-refractivity contribution in [3.05, 3.63) is 40.6 Å². The molecule has 4 heteroatoms. The van der Waals surface area contributed by atoms with Gasteiger partial charge in [-0.15, -0.1) is 0 Å². The van der Waals surface area contributed by atoms with Gasteiger partial charge in [-0.05, 0) is 6.92 Å². The topological polar surface area (TPSA) is 58.7 Å². The quantitative estimate of drug-likeness (QED) is 0.414. The highest BCUT2D eigenvalue weighted by Crippen LogP contribution is 2.03. The fourth-order valence-corrected chi connectivity index (χ4v) is 0.881. The summed E-state index contributed by atoms with van der Waals surface area (Å²) in [6.07, 6.45) is 0. The van der Waals surface area contributed by atoms with Crippen molar-refractivity contribution in [2.24, 2.45) is 5.28 Å². The summed E-state index contributed by atoms with van der Waals surface area (Å²) in [5.74, 6) is 0. The van der Waals surface area contributed by atoms with Crippen LogP contribution in [0.25, 0.3) is 0 Å². The number of hydroxylamine groups is 1. The summed E-state index contributed by atoms with van der Waals surface area (Å²) in [7, 11) is 0. The second-order valence-electron chi connectivity index (χ2n) is 2.59. The molecule has 1 aromatic rings. The van der Waals surface area contributed by atoms with E-state index < -0.39 is 0 Å². The molecule has 0 amide bonds. The Morgan fingerprint density at radius 3 is 2.50 bits per heavy atom. The van der Waals surface area contributed by atoms with Crippen molar-refractivity contribution < 1.29 is 10.1 Å². The molecule has 0 unspecified atom stereocenters. The Balaban J connectivity index is 2.71. The summed E-state index contributed by atoms with van der Waals surface area (Å²) >= 11 is 0. The molecule has 0 aliphatic carbocycles. The highest BCUT2D eigenvalue weighted by Gasteiger charge is 1.98. The maximum Gasteiger partial charge on any atom is 0.209 e. The SMILES string of the molecule is Cc1ccc(C/[N+]([O-])=N/O)cc1. The lowest BCUT2D eigenvalue weighted by molar-refractivity contribution is -0.570. The molecule has 0 atom stereocenters. The Morgan fingerprint density at radius 2 is 2.00 bits per heavy atom. The van der Waals surface area contributed by atoms with Crippen LogP contribution in [0.3, 0.4) is 0 Å². The molecule has 0 saturated heterocycles. The molecule has 1 rings (SSSR count). The summed E-state index contributed by atoms with van der Waals surface area (Å²) in [4.78, 5) is 0.227. The van der Waals surface area contributed by atoms with Crippen LogP contribution in [0.15, 0.2) is 29.5 Å². The van der Waals surface area contributed by atoms with E-state index in [1.807, 2.05) is 31.2 Å². The molecule has 4 nitrogen and oxygen atoms in total. The van der Waals surface area contributed by atoms with Crippen molar-refractivity contribution in [3.63, 3.8) is 0 Å². The third kappa shape index (κ3) is 2.23. The molecule has 64 valence electrons. The van der Waals surface area contributed by atoms with Crippen LogP contribution in [0, 0.1) is 12.1 Å². The van der Waals surface area contributed by atoms with Gasteiger partial charge in [0.05, 0.1) is 0 Å². The number of hydrogen-bond donors (Lipinski definition) is 1. The van der Waals surface area contributed by atoms with E-state index in [1.54, 1.807) is 0 Å². The van der Waals surface area contributed by atoms with Crippen LogP contribution in [0.1, 0.15) is 11.1 Å². The predicted molar refractivity (Wildman–Crippen MR) is 42.7 cm³/mol. The highest BCUT2D eigenvalue weighted by atomic mass is 16.6. The average Bonchev–Trinajstić information content (AvgIpc) is 2.09. The largest absolute Gasteiger partial charge is 0.597 e. The minimum Gasteiger partial charge on any atom is -0.597 e. The number of benzene rings is 1. The van der Waals surface area contributed by atoms with E-state index in [0.717, 1.165) is 11.1 Å². The molecule has 1 aromatic carbocycles. The third-order valence-electron chi connectivity index (χ3n) is 1.54. The van der Waals surface area contributed by atoms with E-state index in [2.05, 4.69) is 5.28 Å². The van der Waals surface area contributed by atoms with Crippen LogP contribution in [0.2, 0.25) is 0 Å². The van der Waals surface area contributed by atoms with Gasteiger partial charge in [0.15, 0.2) is 5.28 Å². The first-order valence-electron chi connectivity index (χ1n) is 3.57. The minimum absolute atomic E-state index is 0.0801. The Kier molecular flexibility index (Phi) is 2.63. The van der Waals surface area contributed by atoms with Gasteiger partial charge in [-0.25, -0.2) is 0 Å². The van der Waals surface area contributed by atoms with Crippen molar-refractivity contribution in [2.45, 2.75) is 13.5 Å². The van der Waals surface area contributed by atoms with Crippen molar-refractivity contribution in [3.8, 4) is 0 Å². The monoisotopic (exact) mass is 166 g/mol. The van der Waals surface area contributed by atoms with E-state index in [9.17, 15) is 5.21 Å². The molecule has 0 aliphatic rings. The molecule has 0 bridgehead atoms. The molecule has 0 saturated carbocycles. The molecular formula is C8H10N2O2. The van der Waals surface area contributed by atoms with Crippen molar-refractivity contribution in [2.75, 3.05) is 0 Å². The van der Waals surface area contributed by atoms with E-state index in [-0.39, 0.29) is 11.4 Å². The van der Waals surface area contributed by atoms with Crippen LogP contribution < -0.4 is 0 Å². The number of hydrogen-bond acceptors (Lipinski definition) is 2. The molecular weight excluding hydrogens is 156 g/mol. The van der Waals surface area contributed by atoms with Crippen LogP contribution >= 0.6 is 0 Å². The van der Waals surface area contributed by atoms with Gasteiger partial charge in [0.2, 0.25) is 6.54 Å². The zero-order valence-corrected chi connectivity index (χ0v) is 6.77. The zero-order valence-electron chi connectivity index (χ0n) is 6.77. The van der Waals surface area contributed by atoms with Crippen LogP contribution in [-0.2, 0) is 6.54 Å². The number of aryl methyl sites for hydroxylation is 1. The van der Waals surface area contributed by atoms with Crippen LogP contribution in [0.4, 0.5) is 0 Å². The maximum atomic E-state index is 10.6. The highest BCUT2D eigenvalue weighted by molar-refractivity contribution is 5.20. The van der Waals surface area contributed by atoms with Crippen LogP contribution in [-0.4, -0.2) is 10.1 Å². The summed E-state index contributed by atoms with van der Waals surface area (Å²) in [6.45, 7) is 2.05. The fourth-order valence-electron chi connectivity index (χ4n) is 0.881. The van der Waals surface area contributed by atoms with E-state index in [4.69, 9.17) is 5.21 Å². The van der Waals surface area contributed by atoms with Crippen LogP contribution in [0.5, 0.6) is 0 Å². The van der Waals surface area contributed by atoms with Gasteiger partial charge in [0.1, 0.15) is 0 Å². The Labute approximate surface area is 70.3 Å². The van der Waals surface area contributed by atoms with Gasteiger partial charge in [0, 0.05) is 5.56 Å². The smallest absolute Gasteiger partial charge is 0.209 e. The molecule has 12 heavy (non-hydrogen) atoms. The summed E-state index contributed by atoms with van der Waals surface area (Å²) < 4.78 is 0. The first-order chi connectivity index (χ1) is 5.72. The molecule has 0 aromatic heterocycles. The van der Waals surface area contributed by atoms with Crippen molar-refractivity contribution >= 4 is 0 Å². The summed E-state index contributed by atoms with van der Waals surface area (Å²) in [5.41, 5.74) is 1.96. The van der Waals surface area contributed by atoms with Gasteiger partial charge in [0.25, 0.3) is 0 Å². The Bertz CT molecular complexity index is 280. The second kappa shape index (κ2) is 3.71. The van der Waals surface area contributed by atoms with Gasteiger partial charge < -0.3 is 10.4 Å². The first kappa shape index (κ1) is 8.52. The lowest BCUT2D eigenvalue weighted by Gasteiger charge is -1.98. The Hall–Kier alpha value is -1.58. The number of nitrogens with zero attached hydrogens (tertiary/aromatic N) is 2.